The number of nitrogens with one attached hydrogen (secondary N) is 1. The third-order valence-corrected chi connectivity index (χ3v) is 3.97. The summed E-state index contributed by atoms with van der Waals surface area (Å²) in [5, 5.41) is 8.87. The monoisotopic (exact) mass is 318 g/mol. The smallest absolute Gasteiger partial charge is 0.276 e. The Morgan fingerprint density at radius 2 is 2.14 bits per heavy atom. The molecule has 0 aliphatic rings. The molecule has 0 atom stereocenters. The largest absolute Gasteiger partial charge is 0.343 e. The van der Waals surface area contributed by atoms with Gasteiger partial charge in [-0.05, 0) is 24.4 Å². The van der Waals surface area contributed by atoms with Gasteiger partial charge in [-0.2, -0.15) is 5.10 Å². The molecule has 2 aromatic rings. The molecule has 116 valence electrons. The molecule has 0 bridgehead atoms. The maximum atomic E-state index is 12.1. The van der Waals surface area contributed by atoms with Crippen molar-refractivity contribution in [1.82, 2.24) is 14.7 Å². The molecular weight excluding hydrogens is 300 g/mol. The number of carbonyl (C=O) groups is 2. The van der Waals surface area contributed by atoms with Gasteiger partial charge in [0, 0.05) is 32.1 Å². The molecule has 1 N–H and O–H groups in total. The summed E-state index contributed by atoms with van der Waals surface area (Å²) in [5.41, 5.74) is 1.41. The maximum Gasteiger partial charge on any atom is 0.276 e. The lowest BCUT2D eigenvalue weighted by molar-refractivity contribution is -0.111. The summed E-state index contributed by atoms with van der Waals surface area (Å²) in [6.07, 6.45) is 3.18. The first-order valence-electron chi connectivity index (χ1n) is 6.68. The van der Waals surface area contributed by atoms with E-state index in [1.54, 1.807) is 50.2 Å². The van der Waals surface area contributed by atoms with Crippen LogP contribution in [0.15, 0.2) is 23.6 Å². The van der Waals surface area contributed by atoms with Crippen LogP contribution in [0.3, 0.4) is 0 Å². The topological polar surface area (TPSA) is 67.2 Å². The van der Waals surface area contributed by atoms with Crippen molar-refractivity contribution in [2.24, 2.45) is 7.05 Å². The van der Waals surface area contributed by atoms with Gasteiger partial charge in [-0.1, -0.05) is 6.07 Å². The molecule has 2 aromatic heterocycles. The summed E-state index contributed by atoms with van der Waals surface area (Å²) < 4.78 is 1.58. The highest BCUT2D eigenvalue weighted by Gasteiger charge is 2.22. The fraction of sp³-hybridized carbons (Fsp3) is 0.267. The van der Waals surface area contributed by atoms with E-state index in [-0.39, 0.29) is 17.5 Å². The van der Waals surface area contributed by atoms with E-state index in [0.717, 1.165) is 10.6 Å². The minimum Gasteiger partial charge on any atom is -0.343 e. The Morgan fingerprint density at radius 1 is 1.41 bits per heavy atom. The maximum absolute atomic E-state index is 12.1. The van der Waals surface area contributed by atoms with Crippen molar-refractivity contribution in [2.75, 3.05) is 19.4 Å². The van der Waals surface area contributed by atoms with Crippen LogP contribution in [0, 0.1) is 6.92 Å². The third kappa shape index (κ3) is 3.43. The van der Waals surface area contributed by atoms with Gasteiger partial charge in [0.1, 0.15) is 0 Å². The predicted octanol–water partition coefficient (Wildman–Crippen LogP) is 2.14. The Morgan fingerprint density at radius 3 is 2.73 bits per heavy atom. The molecular formula is C15H18N4O2S. The summed E-state index contributed by atoms with van der Waals surface area (Å²) in [6, 6.07) is 3.84. The number of carbonyl (C=O) groups excluding carboxylic acids is 2. The number of anilines is 1. The molecule has 6 nitrogen and oxygen atoms in total. The van der Waals surface area contributed by atoms with Gasteiger partial charge in [0.15, 0.2) is 5.69 Å². The molecule has 0 aliphatic heterocycles. The molecule has 22 heavy (non-hydrogen) atoms. The van der Waals surface area contributed by atoms with E-state index in [1.807, 2.05) is 17.5 Å². The highest BCUT2D eigenvalue weighted by atomic mass is 32.1. The lowest BCUT2D eigenvalue weighted by atomic mass is 10.2. The fourth-order valence-electron chi connectivity index (χ4n) is 1.83. The summed E-state index contributed by atoms with van der Waals surface area (Å²) in [7, 11) is 5.03. The first-order chi connectivity index (χ1) is 10.4. The quantitative estimate of drug-likeness (QED) is 0.878. The first-order valence-corrected chi connectivity index (χ1v) is 7.56. The average molecular weight is 318 g/mol. The van der Waals surface area contributed by atoms with Gasteiger partial charge in [-0.15, -0.1) is 11.3 Å². The van der Waals surface area contributed by atoms with E-state index in [1.165, 1.54) is 11.0 Å². The molecule has 0 unspecified atom stereocenters. The molecule has 2 rings (SSSR count). The minimum absolute atomic E-state index is 0.239. The highest BCUT2D eigenvalue weighted by Crippen LogP contribution is 2.21. The molecule has 2 heterocycles. The Kier molecular flexibility index (Phi) is 4.77. The molecule has 0 radical (unpaired) electrons. The van der Waals surface area contributed by atoms with Gasteiger partial charge >= 0.3 is 0 Å². The number of hydrogen-bond donors (Lipinski definition) is 1. The highest BCUT2D eigenvalue weighted by molar-refractivity contribution is 7.10. The van der Waals surface area contributed by atoms with Crippen LogP contribution in [0.1, 0.15) is 21.1 Å². The molecule has 2 amide bonds. The number of thiophene rings is 1. The van der Waals surface area contributed by atoms with Crippen LogP contribution >= 0.6 is 11.3 Å². The van der Waals surface area contributed by atoms with Gasteiger partial charge in [0.2, 0.25) is 5.91 Å². The molecule has 7 heteroatoms. The van der Waals surface area contributed by atoms with E-state index in [4.69, 9.17) is 0 Å². The number of hydrogen-bond acceptors (Lipinski definition) is 4. The van der Waals surface area contributed by atoms with Crippen molar-refractivity contribution in [3.05, 3.63) is 39.9 Å². The summed E-state index contributed by atoms with van der Waals surface area (Å²) >= 11 is 1.55. The normalized spacial score (nSPS) is 10.9. The molecule has 0 fully saturated rings. The van der Waals surface area contributed by atoms with Gasteiger partial charge in [-0.25, -0.2) is 0 Å². The predicted molar refractivity (Wildman–Crippen MR) is 87.9 cm³/mol. The fourth-order valence-corrected chi connectivity index (χ4v) is 2.45. The average Bonchev–Trinajstić information content (AvgIpc) is 3.08. The van der Waals surface area contributed by atoms with Gasteiger partial charge in [-0.3, -0.25) is 14.3 Å². The second kappa shape index (κ2) is 6.57. The van der Waals surface area contributed by atoms with Gasteiger partial charge in [0.25, 0.3) is 5.91 Å². The van der Waals surface area contributed by atoms with Crippen molar-refractivity contribution in [3.8, 4) is 0 Å². The Bertz CT molecular complexity index is 714. The zero-order valence-corrected chi connectivity index (χ0v) is 13.8. The second-order valence-electron chi connectivity index (χ2n) is 4.97. The van der Waals surface area contributed by atoms with Crippen LogP contribution in [0.5, 0.6) is 0 Å². The standard InChI is InChI=1S/C15H18N4O2S/c1-10-13(14(17-19(10)4)15(21)18(2)3)16-12(20)8-7-11-6-5-9-22-11/h5-9H,1-4H3,(H,16,20)/b8-7+. The Hall–Kier alpha value is -2.41. The zero-order chi connectivity index (χ0) is 16.3. The molecule has 0 saturated carbocycles. The van der Waals surface area contributed by atoms with E-state index in [0.29, 0.717) is 5.69 Å². The Balaban J connectivity index is 2.21. The molecule has 0 aliphatic carbocycles. The Labute approximate surface area is 133 Å². The van der Waals surface area contributed by atoms with Crippen molar-refractivity contribution < 1.29 is 9.59 Å². The van der Waals surface area contributed by atoms with E-state index >= 15 is 0 Å². The third-order valence-electron chi connectivity index (χ3n) is 3.13. The van der Waals surface area contributed by atoms with E-state index in [2.05, 4.69) is 10.4 Å². The number of aryl methyl sites for hydroxylation is 1. The minimum atomic E-state index is -0.294. The van der Waals surface area contributed by atoms with Crippen LogP contribution in [-0.4, -0.2) is 40.6 Å². The van der Waals surface area contributed by atoms with Crippen molar-refractivity contribution >= 4 is 34.9 Å². The summed E-state index contributed by atoms with van der Waals surface area (Å²) in [4.78, 5) is 26.6. The zero-order valence-electron chi connectivity index (χ0n) is 13.0. The van der Waals surface area contributed by atoms with Crippen molar-refractivity contribution in [1.29, 1.82) is 0 Å². The summed E-state index contributed by atoms with van der Waals surface area (Å²) in [6.45, 7) is 1.80. The number of rotatable bonds is 4. The van der Waals surface area contributed by atoms with Crippen LogP contribution < -0.4 is 5.32 Å². The van der Waals surface area contributed by atoms with Crippen LogP contribution in [0.2, 0.25) is 0 Å². The summed E-state index contributed by atoms with van der Waals surface area (Å²) in [5.74, 6) is -0.543. The van der Waals surface area contributed by atoms with Crippen LogP contribution in [0.25, 0.3) is 6.08 Å². The van der Waals surface area contributed by atoms with Crippen molar-refractivity contribution in [2.45, 2.75) is 6.92 Å². The van der Waals surface area contributed by atoms with E-state index in [9.17, 15) is 9.59 Å². The van der Waals surface area contributed by atoms with Crippen LogP contribution in [-0.2, 0) is 11.8 Å². The lowest BCUT2D eigenvalue weighted by Gasteiger charge is -2.09. The number of nitrogens with zero attached hydrogens (tertiary/aromatic N) is 3. The molecule has 0 saturated heterocycles. The van der Waals surface area contributed by atoms with E-state index < -0.39 is 0 Å². The SMILES string of the molecule is Cc1c(NC(=O)/C=C/c2cccs2)c(C(=O)N(C)C)nn1C. The molecule has 0 aromatic carbocycles. The second-order valence-corrected chi connectivity index (χ2v) is 5.95. The first kappa shape index (κ1) is 16.0. The molecule has 0 spiro atoms. The lowest BCUT2D eigenvalue weighted by Crippen LogP contribution is -2.24. The van der Waals surface area contributed by atoms with Crippen molar-refractivity contribution in [3.63, 3.8) is 0 Å². The van der Waals surface area contributed by atoms with Gasteiger partial charge < -0.3 is 10.2 Å². The number of aromatic nitrogens is 2. The van der Waals surface area contributed by atoms with Gasteiger partial charge in [0.05, 0.1) is 11.4 Å². The number of amides is 2. The van der Waals surface area contributed by atoms with Crippen LogP contribution in [0.4, 0.5) is 5.69 Å².